The Hall–Kier alpha value is -1.59. The molecule has 1 atom stereocenters. The number of rotatable bonds is 5. The van der Waals surface area contributed by atoms with Crippen LogP contribution in [0.1, 0.15) is 17.0 Å². The van der Waals surface area contributed by atoms with Crippen LogP contribution in [-0.4, -0.2) is 48.4 Å². The highest BCUT2D eigenvalue weighted by molar-refractivity contribution is 5.85. The largest absolute Gasteiger partial charge is 0.340 e. The molecule has 0 aliphatic carbocycles. The van der Waals surface area contributed by atoms with E-state index < -0.39 is 0 Å². The molecule has 1 saturated heterocycles. The predicted molar refractivity (Wildman–Crippen MR) is 111 cm³/mol. The second-order valence-electron chi connectivity index (χ2n) is 6.29. The van der Waals surface area contributed by atoms with E-state index in [2.05, 4.69) is 29.2 Å². The van der Waals surface area contributed by atoms with Gasteiger partial charge in [0.1, 0.15) is 0 Å². The van der Waals surface area contributed by atoms with Crippen molar-refractivity contribution in [2.45, 2.75) is 12.5 Å². The van der Waals surface area contributed by atoms with Gasteiger partial charge < -0.3 is 10.6 Å². The number of hydrogen-bond donors (Lipinski definition) is 1. The van der Waals surface area contributed by atoms with Crippen LogP contribution in [0.5, 0.6) is 0 Å². The molecule has 2 N–H and O–H groups in total. The molecule has 6 heteroatoms. The van der Waals surface area contributed by atoms with Crippen LogP contribution in [0.15, 0.2) is 60.7 Å². The van der Waals surface area contributed by atoms with Gasteiger partial charge in [-0.3, -0.25) is 9.69 Å². The molecule has 0 radical (unpaired) electrons. The van der Waals surface area contributed by atoms with E-state index in [0.717, 1.165) is 38.3 Å². The predicted octanol–water partition coefficient (Wildman–Crippen LogP) is 2.92. The Kier molecular flexibility index (Phi) is 9.66. The van der Waals surface area contributed by atoms with Gasteiger partial charge in [0.15, 0.2) is 0 Å². The van der Waals surface area contributed by atoms with E-state index in [1.54, 1.807) is 0 Å². The number of carbonyl (C=O) groups excluding carboxylic acids is 1. The number of hydrogen-bond acceptors (Lipinski definition) is 3. The summed E-state index contributed by atoms with van der Waals surface area (Å²) in [6, 6.07) is 20.3. The number of nitrogens with two attached hydrogens (primary N) is 1. The monoisotopic (exact) mass is 395 g/mol. The molecule has 2 aromatic rings. The molecule has 1 heterocycles. The first kappa shape index (κ1) is 22.5. The van der Waals surface area contributed by atoms with Gasteiger partial charge in [0, 0.05) is 39.3 Å². The average Bonchev–Trinajstić information content (AvgIpc) is 2.65. The third kappa shape index (κ3) is 5.71. The van der Waals surface area contributed by atoms with E-state index in [0.29, 0.717) is 6.54 Å². The van der Waals surface area contributed by atoms with Gasteiger partial charge in [0.25, 0.3) is 0 Å². The summed E-state index contributed by atoms with van der Waals surface area (Å²) in [6.07, 6.45) is 0. The van der Waals surface area contributed by atoms with Gasteiger partial charge in [0.2, 0.25) is 5.91 Å². The Morgan fingerprint density at radius 2 is 1.42 bits per heavy atom. The van der Waals surface area contributed by atoms with Crippen LogP contribution in [0.25, 0.3) is 0 Å². The first-order valence-corrected chi connectivity index (χ1v) is 8.58. The fourth-order valence-electron chi connectivity index (χ4n) is 3.25. The second kappa shape index (κ2) is 11.2. The molecule has 26 heavy (non-hydrogen) atoms. The van der Waals surface area contributed by atoms with Gasteiger partial charge in [-0.05, 0) is 11.1 Å². The topological polar surface area (TPSA) is 49.6 Å². The second-order valence-corrected chi connectivity index (χ2v) is 6.29. The third-order valence-corrected chi connectivity index (χ3v) is 4.67. The lowest BCUT2D eigenvalue weighted by Gasteiger charge is -2.36. The van der Waals surface area contributed by atoms with E-state index >= 15 is 0 Å². The highest BCUT2D eigenvalue weighted by Gasteiger charge is 2.27. The molecular weight excluding hydrogens is 369 g/mol. The molecule has 0 saturated carbocycles. The number of nitrogens with zero attached hydrogens (tertiary/aromatic N) is 2. The molecule has 3 rings (SSSR count). The van der Waals surface area contributed by atoms with Crippen molar-refractivity contribution in [3.8, 4) is 0 Å². The summed E-state index contributed by atoms with van der Waals surface area (Å²) < 4.78 is 0. The van der Waals surface area contributed by atoms with Crippen molar-refractivity contribution in [1.29, 1.82) is 0 Å². The van der Waals surface area contributed by atoms with Gasteiger partial charge in [-0.1, -0.05) is 60.7 Å². The Labute approximate surface area is 168 Å². The van der Waals surface area contributed by atoms with Crippen LogP contribution in [-0.2, 0) is 11.3 Å². The summed E-state index contributed by atoms with van der Waals surface area (Å²) in [5.41, 5.74) is 8.22. The minimum Gasteiger partial charge on any atom is -0.340 e. The zero-order chi connectivity index (χ0) is 16.8. The van der Waals surface area contributed by atoms with Gasteiger partial charge in [-0.15, -0.1) is 24.8 Å². The average molecular weight is 396 g/mol. The van der Waals surface area contributed by atoms with E-state index in [9.17, 15) is 4.79 Å². The normalized spacial score (nSPS) is 15.5. The SMILES string of the molecule is Cl.Cl.NCC(C(=O)N1CCN(Cc2ccccc2)CC1)c1ccccc1. The van der Waals surface area contributed by atoms with Gasteiger partial charge in [-0.25, -0.2) is 0 Å². The van der Waals surface area contributed by atoms with E-state index in [1.807, 2.05) is 41.3 Å². The zero-order valence-electron chi connectivity index (χ0n) is 14.8. The third-order valence-electron chi connectivity index (χ3n) is 4.67. The summed E-state index contributed by atoms with van der Waals surface area (Å²) in [4.78, 5) is 17.2. The lowest BCUT2D eigenvalue weighted by molar-refractivity contribution is -0.134. The minimum atomic E-state index is -0.230. The lowest BCUT2D eigenvalue weighted by atomic mass is 9.97. The standard InChI is InChI=1S/C20H25N3O.2ClH/c21-15-19(18-9-5-2-6-10-18)20(24)23-13-11-22(12-14-23)16-17-7-3-1-4-8-17;;/h1-10,19H,11-16,21H2;2*1H. The number of benzene rings is 2. The first-order valence-electron chi connectivity index (χ1n) is 8.58. The minimum absolute atomic E-state index is 0. The molecule has 1 amide bonds. The van der Waals surface area contributed by atoms with Crippen molar-refractivity contribution in [3.05, 3.63) is 71.8 Å². The van der Waals surface area contributed by atoms with Crippen molar-refractivity contribution in [2.75, 3.05) is 32.7 Å². The number of amides is 1. The molecule has 4 nitrogen and oxygen atoms in total. The molecule has 0 bridgehead atoms. The summed E-state index contributed by atoms with van der Waals surface area (Å²) >= 11 is 0. The quantitative estimate of drug-likeness (QED) is 0.846. The van der Waals surface area contributed by atoms with Crippen LogP contribution in [0, 0.1) is 0 Å². The number of piperazine rings is 1. The van der Waals surface area contributed by atoms with E-state index in [4.69, 9.17) is 5.73 Å². The van der Waals surface area contributed by atoms with Crippen molar-refractivity contribution in [1.82, 2.24) is 9.80 Å². The van der Waals surface area contributed by atoms with Gasteiger partial charge in [0.05, 0.1) is 5.92 Å². The molecule has 142 valence electrons. The van der Waals surface area contributed by atoms with E-state index in [1.165, 1.54) is 5.56 Å². The van der Waals surface area contributed by atoms with Crippen LogP contribution in [0.2, 0.25) is 0 Å². The van der Waals surface area contributed by atoms with Crippen LogP contribution in [0.4, 0.5) is 0 Å². The number of halogens is 2. The Balaban J connectivity index is 0.00000169. The fourth-order valence-corrected chi connectivity index (χ4v) is 3.25. The summed E-state index contributed by atoms with van der Waals surface area (Å²) in [5, 5.41) is 0. The molecule has 1 fully saturated rings. The van der Waals surface area contributed by atoms with Gasteiger partial charge in [-0.2, -0.15) is 0 Å². The molecule has 1 unspecified atom stereocenters. The maximum atomic E-state index is 12.8. The highest BCUT2D eigenvalue weighted by atomic mass is 35.5. The van der Waals surface area contributed by atoms with Gasteiger partial charge >= 0.3 is 0 Å². The Morgan fingerprint density at radius 3 is 1.96 bits per heavy atom. The zero-order valence-corrected chi connectivity index (χ0v) is 16.4. The Bertz CT molecular complexity index is 647. The van der Waals surface area contributed by atoms with Crippen LogP contribution in [0.3, 0.4) is 0 Å². The van der Waals surface area contributed by atoms with E-state index in [-0.39, 0.29) is 36.6 Å². The molecule has 0 spiro atoms. The lowest BCUT2D eigenvalue weighted by Crippen LogP contribution is -2.50. The highest BCUT2D eigenvalue weighted by Crippen LogP contribution is 2.19. The van der Waals surface area contributed by atoms with Crippen LogP contribution < -0.4 is 5.73 Å². The summed E-state index contributed by atoms with van der Waals surface area (Å²) in [5.74, 6) is -0.0741. The molecule has 2 aromatic carbocycles. The molecule has 1 aliphatic heterocycles. The van der Waals surface area contributed by atoms with Crippen molar-refractivity contribution >= 4 is 30.7 Å². The maximum Gasteiger partial charge on any atom is 0.231 e. The summed E-state index contributed by atoms with van der Waals surface area (Å²) in [6.45, 7) is 4.67. The molecule has 1 aliphatic rings. The number of carbonyl (C=O) groups is 1. The van der Waals surface area contributed by atoms with Crippen LogP contribution >= 0.6 is 24.8 Å². The van der Waals surface area contributed by atoms with Crippen molar-refractivity contribution in [3.63, 3.8) is 0 Å². The smallest absolute Gasteiger partial charge is 0.231 e. The summed E-state index contributed by atoms with van der Waals surface area (Å²) in [7, 11) is 0. The van der Waals surface area contributed by atoms with Crippen molar-refractivity contribution < 1.29 is 4.79 Å². The Morgan fingerprint density at radius 1 is 0.885 bits per heavy atom. The molecular formula is C20H27Cl2N3O. The fraction of sp³-hybridized carbons (Fsp3) is 0.350. The first-order chi connectivity index (χ1) is 11.8. The maximum absolute atomic E-state index is 12.8. The molecule has 0 aromatic heterocycles. The van der Waals surface area contributed by atoms with Crippen molar-refractivity contribution in [2.24, 2.45) is 5.73 Å².